The summed E-state index contributed by atoms with van der Waals surface area (Å²) in [5, 5.41) is 3.57. The Morgan fingerprint density at radius 2 is 2.09 bits per heavy atom. The van der Waals surface area contributed by atoms with Crippen molar-refractivity contribution in [3.8, 4) is 0 Å². The van der Waals surface area contributed by atoms with E-state index in [-0.39, 0.29) is 22.4 Å². The SMILES string of the molecule is CC[C@@H](C)n1cnc(S(=O)(=O)Nc2noc(C(C)(C)C)n2)c1. The summed E-state index contributed by atoms with van der Waals surface area (Å²) in [5.74, 6) is 0.262. The molecule has 0 aliphatic heterocycles. The van der Waals surface area contributed by atoms with Gasteiger partial charge >= 0.3 is 0 Å². The maximum atomic E-state index is 12.3. The van der Waals surface area contributed by atoms with Gasteiger partial charge in [-0.15, -0.1) is 0 Å². The number of anilines is 1. The van der Waals surface area contributed by atoms with E-state index in [0.717, 1.165) is 6.42 Å². The molecular weight excluding hydrogens is 306 g/mol. The lowest BCUT2D eigenvalue weighted by molar-refractivity contribution is 0.321. The third kappa shape index (κ3) is 3.46. The fourth-order valence-electron chi connectivity index (χ4n) is 1.65. The van der Waals surface area contributed by atoms with Gasteiger partial charge in [-0.1, -0.05) is 27.7 Å². The molecule has 2 aromatic heterocycles. The number of nitrogens with one attached hydrogen (secondary N) is 1. The third-order valence-electron chi connectivity index (χ3n) is 3.25. The molecule has 0 aliphatic rings. The fraction of sp³-hybridized carbons (Fsp3) is 0.615. The minimum Gasteiger partial charge on any atom is -0.337 e. The molecule has 22 heavy (non-hydrogen) atoms. The molecule has 1 N–H and O–H groups in total. The smallest absolute Gasteiger partial charge is 0.283 e. The molecule has 0 aliphatic carbocycles. The first-order chi connectivity index (χ1) is 10.1. The van der Waals surface area contributed by atoms with Crippen molar-refractivity contribution in [1.82, 2.24) is 19.7 Å². The monoisotopic (exact) mass is 327 g/mol. The van der Waals surface area contributed by atoms with E-state index in [1.807, 2.05) is 34.6 Å². The van der Waals surface area contributed by atoms with Gasteiger partial charge in [-0.3, -0.25) is 0 Å². The van der Waals surface area contributed by atoms with Crippen LogP contribution in [-0.4, -0.2) is 28.1 Å². The van der Waals surface area contributed by atoms with Crippen molar-refractivity contribution in [1.29, 1.82) is 0 Å². The quantitative estimate of drug-likeness (QED) is 0.904. The van der Waals surface area contributed by atoms with Crippen molar-refractivity contribution in [3.05, 3.63) is 18.4 Å². The summed E-state index contributed by atoms with van der Waals surface area (Å²) < 4.78 is 33.6. The number of hydrogen-bond donors (Lipinski definition) is 1. The van der Waals surface area contributed by atoms with Crippen LogP contribution in [-0.2, 0) is 15.4 Å². The number of imidazole rings is 1. The summed E-state index contributed by atoms with van der Waals surface area (Å²) in [6.45, 7) is 9.69. The third-order valence-corrected chi connectivity index (χ3v) is 4.46. The maximum Gasteiger partial charge on any atom is 0.283 e. The molecule has 0 spiro atoms. The number of aromatic nitrogens is 4. The van der Waals surface area contributed by atoms with E-state index in [1.165, 1.54) is 12.5 Å². The Hall–Kier alpha value is -1.90. The first-order valence-corrected chi connectivity index (χ1v) is 8.52. The average molecular weight is 327 g/mol. The highest BCUT2D eigenvalue weighted by molar-refractivity contribution is 7.92. The molecule has 0 saturated carbocycles. The zero-order valence-electron chi connectivity index (χ0n) is 13.4. The zero-order chi connectivity index (χ0) is 16.5. The predicted octanol–water partition coefficient (Wildman–Crippen LogP) is 2.34. The van der Waals surface area contributed by atoms with Gasteiger partial charge in [0, 0.05) is 17.7 Å². The normalized spacial score (nSPS) is 14.0. The molecule has 2 rings (SSSR count). The van der Waals surface area contributed by atoms with Gasteiger partial charge < -0.3 is 9.09 Å². The van der Waals surface area contributed by atoms with E-state index in [4.69, 9.17) is 4.52 Å². The highest BCUT2D eigenvalue weighted by atomic mass is 32.2. The van der Waals surface area contributed by atoms with Crippen LogP contribution in [0, 0.1) is 0 Å². The van der Waals surface area contributed by atoms with Gasteiger partial charge in [0.25, 0.3) is 16.0 Å². The molecule has 9 heteroatoms. The van der Waals surface area contributed by atoms with Crippen molar-refractivity contribution in [3.63, 3.8) is 0 Å². The minimum atomic E-state index is -3.83. The Labute approximate surface area is 130 Å². The lowest BCUT2D eigenvalue weighted by Gasteiger charge is -2.10. The van der Waals surface area contributed by atoms with Crippen LogP contribution in [0.15, 0.2) is 22.1 Å². The second-order valence-corrected chi connectivity index (χ2v) is 7.82. The Bertz CT molecular complexity index is 742. The highest BCUT2D eigenvalue weighted by Gasteiger charge is 2.25. The van der Waals surface area contributed by atoms with Crippen molar-refractivity contribution in [2.45, 2.75) is 57.5 Å². The summed E-state index contributed by atoms with van der Waals surface area (Å²) in [7, 11) is -3.83. The van der Waals surface area contributed by atoms with Crippen LogP contribution in [0.25, 0.3) is 0 Å². The second kappa shape index (κ2) is 5.71. The first kappa shape index (κ1) is 16.5. The molecule has 0 unspecified atom stereocenters. The molecule has 0 saturated heterocycles. The molecule has 2 heterocycles. The molecule has 122 valence electrons. The molecule has 2 aromatic rings. The molecule has 0 bridgehead atoms. The minimum absolute atomic E-state index is 0.0742. The predicted molar refractivity (Wildman–Crippen MR) is 81.0 cm³/mol. The van der Waals surface area contributed by atoms with Crippen molar-refractivity contribution in [2.24, 2.45) is 0 Å². The molecule has 0 radical (unpaired) electrons. The van der Waals surface area contributed by atoms with E-state index in [9.17, 15) is 8.42 Å². The molecule has 1 atom stereocenters. The number of sulfonamides is 1. The average Bonchev–Trinajstić information content (AvgIpc) is 3.05. The molecule has 0 fully saturated rings. The first-order valence-electron chi connectivity index (χ1n) is 7.04. The van der Waals surface area contributed by atoms with E-state index >= 15 is 0 Å². The van der Waals surface area contributed by atoms with Gasteiger partial charge in [0.2, 0.25) is 5.89 Å². The Morgan fingerprint density at radius 1 is 1.41 bits per heavy atom. The number of nitrogens with zero attached hydrogens (tertiary/aromatic N) is 4. The van der Waals surface area contributed by atoms with Crippen LogP contribution in [0.4, 0.5) is 5.95 Å². The summed E-state index contributed by atoms with van der Waals surface area (Å²) in [6, 6.07) is 0.175. The second-order valence-electron chi connectivity index (χ2n) is 6.20. The van der Waals surface area contributed by atoms with Gasteiger partial charge in [0.05, 0.1) is 6.33 Å². The van der Waals surface area contributed by atoms with Gasteiger partial charge in [-0.25, -0.2) is 9.71 Å². The van der Waals surface area contributed by atoms with Gasteiger partial charge in [-0.05, 0) is 18.5 Å². The molecule has 8 nitrogen and oxygen atoms in total. The van der Waals surface area contributed by atoms with Crippen molar-refractivity contribution < 1.29 is 12.9 Å². The number of hydrogen-bond acceptors (Lipinski definition) is 6. The summed E-state index contributed by atoms with van der Waals surface area (Å²) in [5.41, 5.74) is -0.352. The largest absolute Gasteiger partial charge is 0.337 e. The van der Waals surface area contributed by atoms with E-state index in [1.54, 1.807) is 4.57 Å². The fourth-order valence-corrected chi connectivity index (χ4v) is 2.52. The van der Waals surface area contributed by atoms with Crippen LogP contribution >= 0.6 is 0 Å². The van der Waals surface area contributed by atoms with Crippen LogP contribution in [0.2, 0.25) is 0 Å². The summed E-state index contributed by atoms with van der Waals surface area (Å²) in [6.07, 6.45) is 3.86. The Morgan fingerprint density at radius 3 is 2.64 bits per heavy atom. The standard InChI is InChI=1S/C13H21N5O3S/c1-6-9(2)18-7-10(14-8-18)22(19,20)17-12-15-11(21-16-12)13(3,4)5/h7-9H,6H2,1-5H3,(H,16,17)/t9-/m1/s1. The lowest BCUT2D eigenvalue weighted by atomic mass is 9.97. The van der Waals surface area contributed by atoms with Crippen molar-refractivity contribution >= 4 is 16.0 Å². The highest BCUT2D eigenvalue weighted by Crippen LogP contribution is 2.22. The molecule has 0 aromatic carbocycles. The molecular formula is C13H21N5O3S. The van der Waals surface area contributed by atoms with E-state index in [0.29, 0.717) is 5.89 Å². The maximum absolute atomic E-state index is 12.3. The number of rotatable bonds is 5. The Balaban J connectivity index is 2.21. The topological polar surface area (TPSA) is 103 Å². The van der Waals surface area contributed by atoms with Crippen LogP contribution in [0.1, 0.15) is 53.0 Å². The van der Waals surface area contributed by atoms with E-state index < -0.39 is 10.0 Å². The summed E-state index contributed by atoms with van der Waals surface area (Å²) >= 11 is 0. The van der Waals surface area contributed by atoms with Crippen LogP contribution < -0.4 is 4.72 Å². The Kier molecular flexibility index (Phi) is 4.28. The van der Waals surface area contributed by atoms with Gasteiger partial charge in [0.15, 0.2) is 5.03 Å². The van der Waals surface area contributed by atoms with Crippen LogP contribution in [0.3, 0.4) is 0 Å². The van der Waals surface area contributed by atoms with Gasteiger partial charge in [-0.2, -0.15) is 13.4 Å². The van der Waals surface area contributed by atoms with Crippen molar-refractivity contribution in [2.75, 3.05) is 4.72 Å². The van der Waals surface area contributed by atoms with E-state index in [2.05, 4.69) is 19.8 Å². The lowest BCUT2D eigenvalue weighted by Crippen LogP contribution is -2.15. The molecule has 0 amide bonds. The zero-order valence-corrected chi connectivity index (χ0v) is 14.2. The summed E-state index contributed by atoms with van der Waals surface area (Å²) in [4.78, 5) is 7.98. The van der Waals surface area contributed by atoms with Crippen LogP contribution in [0.5, 0.6) is 0 Å². The van der Waals surface area contributed by atoms with Gasteiger partial charge in [0.1, 0.15) is 0 Å².